The summed E-state index contributed by atoms with van der Waals surface area (Å²) >= 11 is 0. The molecule has 0 saturated heterocycles. The molecule has 1 aromatic heterocycles. The Hall–Kier alpha value is -2.08. The lowest BCUT2D eigenvalue weighted by Crippen LogP contribution is -2.50. The van der Waals surface area contributed by atoms with Gasteiger partial charge in [0.1, 0.15) is 11.4 Å². The lowest BCUT2D eigenvalue weighted by molar-refractivity contribution is 0.00663. The molecular weight excluding hydrogens is 316 g/mol. The number of ether oxygens (including phenoxy) is 1. The van der Waals surface area contributed by atoms with Gasteiger partial charge in [-0.15, -0.1) is 0 Å². The van der Waals surface area contributed by atoms with E-state index in [0.717, 1.165) is 16.9 Å². The van der Waals surface area contributed by atoms with Crippen LogP contribution in [0.4, 0.5) is 4.79 Å². The minimum Gasteiger partial charge on any atom is -0.444 e. The van der Waals surface area contributed by atoms with Gasteiger partial charge in [-0.2, -0.15) is 0 Å². The predicted octanol–water partition coefficient (Wildman–Crippen LogP) is 3.69. The molecule has 0 unspecified atom stereocenters. The van der Waals surface area contributed by atoms with Crippen LogP contribution >= 0.6 is 0 Å². The summed E-state index contributed by atoms with van der Waals surface area (Å²) in [6, 6.07) is 7.96. The molecule has 2 aromatic rings. The van der Waals surface area contributed by atoms with Crippen molar-refractivity contribution >= 4 is 17.1 Å². The van der Waals surface area contributed by atoms with Gasteiger partial charge >= 0.3 is 6.09 Å². The second kappa shape index (κ2) is 7.44. The first-order valence-electron chi connectivity index (χ1n) is 8.71. The van der Waals surface area contributed by atoms with E-state index in [9.17, 15) is 4.79 Å². The minimum atomic E-state index is -0.498. The summed E-state index contributed by atoms with van der Waals surface area (Å²) in [6.07, 6.45) is -0.287. The fourth-order valence-corrected chi connectivity index (χ4v) is 2.50. The molecular formula is C19H30N4O2. The van der Waals surface area contributed by atoms with Crippen LogP contribution in [0.3, 0.4) is 0 Å². The molecule has 1 amide bonds. The first-order chi connectivity index (χ1) is 11.6. The topological polar surface area (TPSA) is 70.2 Å². The average Bonchev–Trinajstić information content (AvgIpc) is 2.86. The largest absolute Gasteiger partial charge is 0.444 e. The molecule has 0 atom stereocenters. The standard InChI is InChI=1S/C19H30N4O2/c1-18(2,3)23(17(24)25-19(4,5)6)12-11-20-13-16-21-14-9-7-8-10-15(14)22-16/h7-10,20H,11-13H2,1-6H3,(H,21,22). The van der Waals surface area contributed by atoms with Crippen molar-refractivity contribution in [1.29, 1.82) is 0 Å². The molecule has 0 radical (unpaired) electrons. The zero-order chi connectivity index (χ0) is 18.7. The van der Waals surface area contributed by atoms with Gasteiger partial charge in [-0.05, 0) is 53.7 Å². The number of nitrogens with zero attached hydrogens (tertiary/aromatic N) is 2. The fraction of sp³-hybridized carbons (Fsp3) is 0.579. The predicted molar refractivity (Wildman–Crippen MR) is 100 cm³/mol. The summed E-state index contributed by atoms with van der Waals surface area (Å²) in [7, 11) is 0. The summed E-state index contributed by atoms with van der Waals surface area (Å²) < 4.78 is 5.52. The minimum absolute atomic E-state index is 0.287. The Labute approximate surface area is 150 Å². The van der Waals surface area contributed by atoms with E-state index in [1.807, 2.05) is 65.8 Å². The summed E-state index contributed by atoms with van der Waals surface area (Å²) in [5.41, 5.74) is 1.19. The molecule has 138 valence electrons. The number of aromatic amines is 1. The number of carbonyl (C=O) groups is 1. The molecule has 1 heterocycles. The molecule has 6 nitrogen and oxygen atoms in total. The van der Waals surface area contributed by atoms with Crippen molar-refractivity contribution in [2.24, 2.45) is 0 Å². The van der Waals surface area contributed by atoms with Crippen molar-refractivity contribution in [3.05, 3.63) is 30.1 Å². The van der Waals surface area contributed by atoms with Gasteiger partial charge in [0.2, 0.25) is 0 Å². The number of fused-ring (bicyclic) bond motifs is 1. The Bertz CT molecular complexity index is 677. The quantitative estimate of drug-likeness (QED) is 0.810. The molecule has 0 fully saturated rings. The van der Waals surface area contributed by atoms with Gasteiger partial charge in [-0.3, -0.25) is 0 Å². The van der Waals surface area contributed by atoms with E-state index < -0.39 is 5.60 Å². The highest BCUT2D eigenvalue weighted by atomic mass is 16.6. The van der Waals surface area contributed by atoms with Crippen molar-refractivity contribution in [2.45, 2.75) is 59.2 Å². The van der Waals surface area contributed by atoms with E-state index in [4.69, 9.17) is 4.74 Å². The Kier molecular flexibility index (Phi) is 5.72. The number of H-pyrrole nitrogens is 1. The smallest absolute Gasteiger partial charge is 0.410 e. The third-order valence-corrected chi connectivity index (χ3v) is 3.67. The maximum atomic E-state index is 12.4. The summed E-state index contributed by atoms with van der Waals surface area (Å²) in [4.78, 5) is 22.0. The monoisotopic (exact) mass is 346 g/mol. The third-order valence-electron chi connectivity index (χ3n) is 3.67. The lowest BCUT2D eigenvalue weighted by Gasteiger charge is -2.36. The number of rotatable bonds is 5. The van der Waals surface area contributed by atoms with Crippen molar-refractivity contribution in [2.75, 3.05) is 13.1 Å². The van der Waals surface area contributed by atoms with E-state index in [1.54, 1.807) is 4.90 Å². The van der Waals surface area contributed by atoms with E-state index in [2.05, 4.69) is 15.3 Å². The Balaban J connectivity index is 1.89. The summed E-state index contributed by atoms with van der Waals surface area (Å²) in [6.45, 7) is 13.5. The van der Waals surface area contributed by atoms with Crippen LogP contribution in [-0.4, -0.2) is 45.2 Å². The van der Waals surface area contributed by atoms with Crippen molar-refractivity contribution in [1.82, 2.24) is 20.2 Å². The molecule has 0 spiro atoms. The first-order valence-corrected chi connectivity index (χ1v) is 8.71. The van der Waals surface area contributed by atoms with Gasteiger partial charge in [0.05, 0.1) is 17.6 Å². The maximum Gasteiger partial charge on any atom is 0.410 e. The number of imidazole rings is 1. The fourth-order valence-electron chi connectivity index (χ4n) is 2.50. The molecule has 2 N–H and O–H groups in total. The molecule has 6 heteroatoms. The zero-order valence-corrected chi connectivity index (χ0v) is 16.1. The van der Waals surface area contributed by atoms with Crippen LogP contribution in [0.5, 0.6) is 0 Å². The van der Waals surface area contributed by atoms with Crippen LogP contribution in [0.2, 0.25) is 0 Å². The second-order valence-electron chi connectivity index (χ2n) is 8.18. The highest BCUT2D eigenvalue weighted by Crippen LogP contribution is 2.18. The van der Waals surface area contributed by atoms with Crippen LogP contribution in [-0.2, 0) is 11.3 Å². The lowest BCUT2D eigenvalue weighted by atomic mass is 10.1. The molecule has 0 aliphatic carbocycles. The molecule has 0 bridgehead atoms. The Morgan fingerprint density at radius 1 is 1.20 bits per heavy atom. The highest BCUT2D eigenvalue weighted by Gasteiger charge is 2.30. The van der Waals surface area contributed by atoms with Crippen molar-refractivity contribution in [3.63, 3.8) is 0 Å². The van der Waals surface area contributed by atoms with Gasteiger partial charge in [0.25, 0.3) is 0 Å². The molecule has 1 aromatic carbocycles. The molecule has 0 aliphatic heterocycles. The van der Waals surface area contributed by atoms with Crippen molar-refractivity contribution < 1.29 is 9.53 Å². The van der Waals surface area contributed by atoms with E-state index in [0.29, 0.717) is 19.6 Å². The molecule has 25 heavy (non-hydrogen) atoms. The SMILES string of the molecule is CC(C)(C)OC(=O)N(CCNCc1nc2ccccc2[nH]1)C(C)(C)C. The van der Waals surface area contributed by atoms with Crippen LogP contribution in [0.1, 0.15) is 47.4 Å². The first kappa shape index (κ1) is 19.2. The summed E-state index contributed by atoms with van der Waals surface area (Å²) in [5, 5.41) is 3.34. The van der Waals surface area contributed by atoms with Gasteiger partial charge in [0.15, 0.2) is 0 Å². The van der Waals surface area contributed by atoms with Crippen molar-refractivity contribution in [3.8, 4) is 0 Å². The summed E-state index contributed by atoms with van der Waals surface area (Å²) in [5.74, 6) is 0.890. The van der Waals surface area contributed by atoms with Crippen LogP contribution in [0.25, 0.3) is 11.0 Å². The number of benzene rings is 1. The van der Waals surface area contributed by atoms with Gasteiger partial charge in [-0.25, -0.2) is 9.78 Å². The molecule has 2 rings (SSSR count). The van der Waals surface area contributed by atoms with E-state index >= 15 is 0 Å². The van der Waals surface area contributed by atoms with Gasteiger partial charge < -0.3 is 19.9 Å². The van der Waals surface area contributed by atoms with Crippen LogP contribution in [0.15, 0.2) is 24.3 Å². The van der Waals surface area contributed by atoms with E-state index in [1.165, 1.54) is 0 Å². The highest BCUT2D eigenvalue weighted by molar-refractivity contribution is 5.74. The number of amides is 1. The number of carbonyl (C=O) groups excluding carboxylic acids is 1. The number of para-hydroxylation sites is 2. The normalized spacial score (nSPS) is 12.4. The number of nitrogens with one attached hydrogen (secondary N) is 2. The average molecular weight is 346 g/mol. The van der Waals surface area contributed by atoms with E-state index in [-0.39, 0.29) is 11.6 Å². The number of hydrogen-bond donors (Lipinski definition) is 2. The maximum absolute atomic E-state index is 12.4. The Morgan fingerprint density at radius 2 is 1.88 bits per heavy atom. The van der Waals surface area contributed by atoms with Gasteiger partial charge in [-0.1, -0.05) is 12.1 Å². The zero-order valence-electron chi connectivity index (χ0n) is 16.1. The number of aromatic nitrogens is 2. The molecule has 0 aliphatic rings. The van der Waals surface area contributed by atoms with Crippen LogP contribution < -0.4 is 5.32 Å². The second-order valence-corrected chi connectivity index (χ2v) is 8.18. The van der Waals surface area contributed by atoms with Gasteiger partial charge in [0, 0.05) is 18.6 Å². The third kappa shape index (κ3) is 5.74. The number of hydrogen-bond acceptors (Lipinski definition) is 4. The van der Waals surface area contributed by atoms with Crippen LogP contribution in [0, 0.1) is 0 Å². The molecule has 0 saturated carbocycles. The Morgan fingerprint density at radius 3 is 2.48 bits per heavy atom.